The van der Waals surface area contributed by atoms with Gasteiger partial charge in [0.25, 0.3) is 0 Å². The van der Waals surface area contributed by atoms with Gasteiger partial charge in [0, 0.05) is 4.88 Å². The highest BCUT2D eigenvalue weighted by molar-refractivity contribution is 7.17. The Hall–Kier alpha value is -1.40. The van der Waals surface area contributed by atoms with Crippen molar-refractivity contribution in [1.82, 2.24) is 4.90 Å². The van der Waals surface area contributed by atoms with Gasteiger partial charge in [-0.1, -0.05) is 25.7 Å². The van der Waals surface area contributed by atoms with E-state index >= 15 is 0 Å². The van der Waals surface area contributed by atoms with Crippen LogP contribution in [0.15, 0.2) is 0 Å². The zero-order chi connectivity index (χ0) is 18.4. The number of amides is 1. The van der Waals surface area contributed by atoms with Gasteiger partial charge in [-0.3, -0.25) is 9.69 Å². The summed E-state index contributed by atoms with van der Waals surface area (Å²) in [6.45, 7) is 2.37. The van der Waals surface area contributed by atoms with Crippen molar-refractivity contribution in [2.24, 2.45) is 0 Å². The molecule has 1 aliphatic heterocycles. The van der Waals surface area contributed by atoms with E-state index in [1.165, 1.54) is 37.7 Å². The molecule has 6 heteroatoms. The number of hydrogen-bond donors (Lipinski definition) is 1. The molecule has 144 valence electrons. The molecule has 0 spiro atoms. The van der Waals surface area contributed by atoms with Gasteiger partial charge in [-0.15, -0.1) is 11.3 Å². The van der Waals surface area contributed by atoms with Gasteiger partial charge in [0.05, 0.1) is 19.2 Å². The van der Waals surface area contributed by atoms with Crippen LogP contribution in [0.1, 0.15) is 72.2 Å². The fraction of sp³-hybridized carbons (Fsp3) is 0.700. The molecule has 1 aliphatic carbocycles. The predicted molar refractivity (Wildman–Crippen MR) is 105 cm³/mol. The van der Waals surface area contributed by atoms with E-state index in [0.717, 1.165) is 57.2 Å². The first-order chi connectivity index (χ1) is 12.7. The summed E-state index contributed by atoms with van der Waals surface area (Å²) in [6.07, 6.45) is 11.4. The summed E-state index contributed by atoms with van der Waals surface area (Å²) in [7, 11) is 1.41. The fourth-order valence-electron chi connectivity index (χ4n) is 3.99. The van der Waals surface area contributed by atoms with Crippen LogP contribution in [0.4, 0.5) is 5.00 Å². The SMILES string of the molecule is COC(=O)c1c(NC(=O)CN2CCCCCC2)sc2c1CCCCCC2. The molecule has 3 rings (SSSR count). The van der Waals surface area contributed by atoms with Crippen molar-refractivity contribution >= 4 is 28.2 Å². The Labute approximate surface area is 160 Å². The van der Waals surface area contributed by atoms with Gasteiger partial charge >= 0.3 is 5.97 Å². The quantitative estimate of drug-likeness (QED) is 0.804. The van der Waals surface area contributed by atoms with Crippen molar-refractivity contribution in [2.45, 2.75) is 64.2 Å². The summed E-state index contributed by atoms with van der Waals surface area (Å²) in [5, 5.41) is 3.71. The number of ether oxygens (including phenoxy) is 1. The van der Waals surface area contributed by atoms with Crippen LogP contribution < -0.4 is 5.32 Å². The van der Waals surface area contributed by atoms with Crippen molar-refractivity contribution in [3.8, 4) is 0 Å². The van der Waals surface area contributed by atoms with Gasteiger partial charge in [-0.25, -0.2) is 4.79 Å². The zero-order valence-corrected chi connectivity index (χ0v) is 16.6. The van der Waals surface area contributed by atoms with Gasteiger partial charge in [0.15, 0.2) is 0 Å². The molecule has 0 atom stereocenters. The molecule has 0 aromatic carbocycles. The lowest BCUT2D eigenvalue weighted by Crippen LogP contribution is -2.34. The highest BCUT2D eigenvalue weighted by atomic mass is 32.1. The molecule has 1 N–H and O–H groups in total. The van der Waals surface area contributed by atoms with E-state index in [-0.39, 0.29) is 11.9 Å². The molecule has 5 nitrogen and oxygen atoms in total. The highest BCUT2D eigenvalue weighted by Crippen LogP contribution is 2.37. The van der Waals surface area contributed by atoms with E-state index < -0.39 is 0 Å². The second kappa shape index (κ2) is 9.51. The second-order valence-electron chi connectivity index (χ2n) is 7.35. The van der Waals surface area contributed by atoms with Crippen molar-refractivity contribution in [1.29, 1.82) is 0 Å². The average molecular weight is 379 g/mol. The third-order valence-electron chi connectivity index (χ3n) is 5.38. The number of rotatable bonds is 4. The number of nitrogens with zero attached hydrogens (tertiary/aromatic N) is 1. The average Bonchev–Trinajstić information content (AvgIpc) is 2.77. The Morgan fingerprint density at radius 2 is 1.65 bits per heavy atom. The van der Waals surface area contributed by atoms with Crippen LogP contribution in [0.25, 0.3) is 0 Å². The minimum Gasteiger partial charge on any atom is -0.465 e. The van der Waals surface area contributed by atoms with Gasteiger partial charge in [-0.05, 0) is 57.2 Å². The van der Waals surface area contributed by atoms with Crippen molar-refractivity contribution in [3.05, 3.63) is 16.0 Å². The molecular formula is C20H30N2O3S. The summed E-state index contributed by atoms with van der Waals surface area (Å²) >= 11 is 1.57. The lowest BCUT2D eigenvalue weighted by Gasteiger charge is -2.18. The predicted octanol–water partition coefficient (Wildman–Crippen LogP) is 4.01. The van der Waals surface area contributed by atoms with Gasteiger partial charge in [0.2, 0.25) is 5.91 Å². The number of fused-ring (bicyclic) bond motifs is 1. The van der Waals surface area contributed by atoms with Crippen LogP contribution >= 0.6 is 11.3 Å². The van der Waals surface area contributed by atoms with E-state index in [2.05, 4.69) is 10.2 Å². The third-order valence-corrected chi connectivity index (χ3v) is 6.59. The Bertz CT molecular complexity index is 633. The first-order valence-corrected chi connectivity index (χ1v) is 10.8. The topological polar surface area (TPSA) is 58.6 Å². The van der Waals surface area contributed by atoms with Crippen LogP contribution in [0, 0.1) is 0 Å². The molecule has 1 fully saturated rings. The summed E-state index contributed by atoms with van der Waals surface area (Å²) in [5.74, 6) is -0.348. The Balaban J connectivity index is 1.76. The smallest absolute Gasteiger partial charge is 0.341 e. The minimum absolute atomic E-state index is 0.0220. The number of anilines is 1. The number of methoxy groups -OCH3 is 1. The largest absolute Gasteiger partial charge is 0.465 e. The molecular weight excluding hydrogens is 348 g/mol. The van der Waals surface area contributed by atoms with Crippen LogP contribution in [0.5, 0.6) is 0 Å². The summed E-state index contributed by atoms with van der Waals surface area (Å²) in [4.78, 5) is 28.5. The lowest BCUT2D eigenvalue weighted by atomic mass is 9.96. The fourth-order valence-corrected chi connectivity index (χ4v) is 5.28. The number of nitrogens with one attached hydrogen (secondary N) is 1. The van der Waals surface area contributed by atoms with Crippen molar-refractivity contribution in [3.63, 3.8) is 0 Å². The molecule has 0 bridgehead atoms. The number of hydrogen-bond acceptors (Lipinski definition) is 5. The van der Waals surface area contributed by atoms with Crippen molar-refractivity contribution in [2.75, 3.05) is 32.1 Å². The third kappa shape index (κ3) is 4.86. The van der Waals surface area contributed by atoms with Crippen LogP contribution in [0.2, 0.25) is 0 Å². The molecule has 2 aliphatic rings. The molecule has 2 heterocycles. The molecule has 1 saturated heterocycles. The monoisotopic (exact) mass is 378 g/mol. The van der Waals surface area contributed by atoms with Gasteiger partial charge in [0.1, 0.15) is 5.00 Å². The van der Waals surface area contributed by atoms with Crippen molar-refractivity contribution < 1.29 is 14.3 Å². The molecule has 0 saturated carbocycles. The number of esters is 1. The summed E-state index contributed by atoms with van der Waals surface area (Å²) in [5.41, 5.74) is 1.70. The molecule has 26 heavy (non-hydrogen) atoms. The zero-order valence-electron chi connectivity index (χ0n) is 15.8. The molecule has 1 aromatic rings. The van der Waals surface area contributed by atoms with Crippen LogP contribution in [-0.2, 0) is 22.4 Å². The summed E-state index contributed by atoms with van der Waals surface area (Å²) < 4.78 is 5.03. The molecule has 1 amide bonds. The molecule has 0 radical (unpaired) electrons. The maximum Gasteiger partial charge on any atom is 0.341 e. The number of carbonyl (C=O) groups is 2. The maximum absolute atomic E-state index is 12.6. The van der Waals surface area contributed by atoms with Crippen LogP contribution in [0.3, 0.4) is 0 Å². The van der Waals surface area contributed by atoms with E-state index in [9.17, 15) is 9.59 Å². The molecule has 1 aromatic heterocycles. The van der Waals surface area contributed by atoms with Gasteiger partial charge < -0.3 is 10.1 Å². The van der Waals surface area contributed by atoms with Crippen LogP contribution in [-0.4, -0.2) is 43.5 Å². The summed E-state index contributed by atoms with van der Waals surface area (Å²) in [6, 6.07) is 0. The number of aryl methyl sites for hydroxylation is 1. The number of carbonyl (C=O) groups excluding carboxylic acids is 2. The van der Waals surface area contributed by atoms with E-state index in [4.69, 9.17) is 4.74 Å². The number of likely N-dealkylation sites (tertiary alicyclic amines) is 1. The van der Waals surface area contributed by atoms with E-state index in [0.29, 0.717) is 17.1 Å². The molecule has 0 unspecified atom stereocenters. The lowest BCUT2D eigenvalue weighted by molar-refractivity contribution is -0.117. The van der Waals surface area contributed by atoms with Gasteiger partial charge in [-0.2, -0.15) is 0 Å². The second-order valence-corrected chi connectivity index (χ2v) is 8.46. The standard InChI is InChI=1S/C20H30N2O3S/c1-25-20(24)18-15-10-6-2-3-7-11-16(15)26-19(18)21-17(23)14-22-12-8-4-5-9-13-22/h2-14H2,1H3,(H,21,23). The first-order valence-electron chi connectivity index (χ1n) is 9.94. The Kier molecular flexibility index (Phi) is 7.08. The normalized spacial score (nSPS) is 19.0. The van der Waals surface area contributed by atoms with E-state index in [1.807, 2.05) is 0 Å². The maximum atomic E-state index is 12.6. The number of thiophene rings is 1. The first kappa shape index (κ1) is 19.4. The highest BCUT2D eigenvalue weighted by Gasteiger charge is 2.26. The van der Waals surface area contributed by atoms with E-state index in [1.54, 1.807) is 11.3 Å². The Morgan fingerprint density at radius 1 is 1.00 bits per heavy atom. The Morgan fingerprint density at radius 3 is 2.35 bits per heavy atom. The minimum atomic E-state index is -0.326.